The highest BCUT2D eigenvalue weighted by Gasteiger charge is 2.21. The summed E-state index contributed by atoms with van der Waals surface area (Å²) in [4.78, 5) is 14.0. The van der Waals surface area contributed by atoms with Gasteiger partial charge in [-0.25, -0.2) is 0 Å². The van der Waals surface area contributed by atoms with E-state index in [-0.39, 0.29) is 11.9 Å². The Morgan fingerprint density at radius 3 is 3.00 bits per heavy atom. The summed E-state index contributed by atoms with van der Waals surface area (Å²) >= 11 is 0. The minimum Gasteiger partial charge on any atom is -0.341 e. The van der Waals surface area contributed by atoms with Gasteiger partial charge in [0.05, 0.1) is 0 Å². The lowest BCUT2D eigenvalue weighted by Crippen LogP contribution is -2.45. The van der Waals surface area contributed by atoms with Gasteiger partial charge >= 0.3 is 0 Å². The molecule has 0 spiro atoms. The van der Waals surface area contributed by atoms with Gasteiger partial charge in [0.2, 0.25) is 5.91 Å². The summed E-state index contributed by atoms with van der Waals surface area (Å²) in [5.74, 6) is 0.281. The molecule has 90 valence electrons. The van der Waals surface area contributed by atoms with Gasteiger partial charge < -0.3 is 10.6 Å². The number of allylic oxidation sites excluding steroid dienone is 1. The highest BCUT2D eigenvalue weighted by molar-refractivity contribution is 5.78. The number of hydrogen-bond donors (Lipinski definition) is 1. The largest absolute Gasteiger partial charge is 0.341 e. The van der Waals surface area contributed by atoms with Crippen molar-refractivity contribution in [3.05, 3.63) is 11.6 Å². The summed E-state index contributed by atoms with van der Waals surface area (Å²) in [6, 6.07) is 0.193. The van der Waals surface area contributed by atoms with Crippen LogP contribution in [0, 0.1) is 0 Å². The molecular weight excluding hydrogens is 200 g/mol. The molecular formula is C13H22N2O. The van der Waals surface area contributed by atoms with Crippen LogP contribution >= 0.6 is 0 Å². The lowest BCUT2D eigenvalue weighted by Gasteiger charge is -2.31. The zero-order chi connectivity index (χ0) is 11.4. The predicted molar refractivity (Wildman–Crippen MR) is 65.0 cm³/mol. The number of piperidine rings is 1. The first-order valence-electron chi connectivity index (χ1n) is 6.47. The second kappa shape index (κ2) is 5.48. The Kier molecular flexibility index (Phi) is 3.99. The molecule has 0 aromatic carbocycles. The Morgan fingerprint density at radius 1 is 1.44 bits per heavy atom. The fourth-order valence-corrected chi connectivity index (χ4v) is 2.61. The van der Waals surface area contributed by atoms with Crippen molar-refractivity contribution in [1.82, 2.24) is 4.90 Å². The van der Waals surface area contributed by atoms with Crippen LogP contribution in [0.15, 0.2) is 11.6 Å². The quantitative estimate of drug-likeness (QED) is 0.724. The Hall–Kier alpha value is -0.830. The zero-order valence-electron chi connectivity index (χ0n) is 9.95. The molecule has 1 aliphatic heterocycles. The highest BCUT2D eigenvalue weighted by Crippen LogP contribution is 2.21. The van der Waals surface area contributed by atoms with Gasteiger partial charge in [0, 0.05) is 25.6 Å². The Balaban J connectivity index is 1.84. The molecule has 0 aromatic rings. The van der Waals surface area contributed by atoms with Crippen molar-refractivity contribution in [2.75, 3.05) is 13.1 Å². The third-order valence-corrected chi connectivity index (χ3v) is 3.57. The maximum atomic E-state index is 12.0. The van der Waals surface area contributed by atoms with Crippen molar-refractivity contribution in [1.29, 1.82) is 0 Å². The van der Waals surface area contributed by atoms with Gasteiger partial charge in [-0.2, -0.15) is 0 Å². The lowest BCUT2D eigenvalue weighted by molar-refractivity contribution is -0.131. The van der Waals surface area contributed by atoms with E-state index in [4.69, 9.17) is 5.73 Å². The van der Waals surface area contributed by atoms with Crippen molar-refractivity contribution >= 4 is 5.91 Å². The van der Waals surface area contributed by atoms with E-state index < -0.39 is 0 Å². The SMILES string of the molecule is NC1CCCN(C(=O)CC2=CCCCC2)C1. The Bertz CT molecular complexity index is 286. The highest BCUT2D eigenvalue weighted by atomic mass is 16.2. The van der Waals surface area contributed by atoms with Crippen LogP contribution in [0.4, 0.5) is 0 Å². The Labute approximate surface area is 97.7 Å². The molecule has 1 unspecified atom stereocenters. The van der Waals surface area contributed by atoms with E-state index in [1.807, 2.05) is 4.90 Å². The van der Waals surface area contributed by atoms with Crippen molar-refractivity contribution in [3.63, 3.8) is 0 Å². The van der Waals surface area contributed by atoms with Gasteiger partial charge in [0.25, 0.3) is 0 Å². The van der Waals surface area contributed by atoms with E-state index in [0.29, 0.717) is 6.42 Å². The maximum Gasteiger partial charge on any atom is 0.226 e. The lowest BCUT2D eigenvalue weighted by atomic mass is 9.96. The van der Waals surface area contributed by atoms with Gasteiger partial charge in [-0.1, -0.05) is 11.6 Å². The monoisotopic (exact) mass is 222 g/mol. The first-order chi connectivity index (χ1) is 7.75. The van der Waals surface area contributed by atoms with E-state index in [2.05, 4.69) is 6.08 Å². The molecule has 3 nitrogen and oxygen atoms in total. The van der Waals surface area contributed by atoms with Crippen LogP contribution in [0.5, 0.6) is 0 Å². The summed E-state index contributed by atoms with van der Waals surface area (Å²) in [5, 5.41) is 0. The van der Waals surface area contributed by atoms with Gasteiger partial charge in [0.15, 0.2) is 0 Å². The number of likely N-dealkylation sites (tertiary alicyclic amines) is 1. The van der Waals surface area contributed by atoms with Gasteiger partial charge in [-0.05, 0) is 38.5 Å². The molecule has 1 aliphatic carbocycles. The van der Waals surface area contributed by atoms with E-state index in [0.717, 1.165) is 38.8 Å². The molecule has 1 fully saturated rings. The topological polar surface area (TPSA) is 46.3 Å². The first-order valence-corrected chi connectivity index (χ1v) is 6.47. The van der Waals surface area contributed by atoms with Crippen molar-refractivity contribution < 1.29 is 4.79 Å². The second-order valence-corrected chi connectivity index (χ2v) is 5.03. The van der Waals surface area contributed by atoms with E-state index >= 15 is 0 Å². The van der Waals surface area contributed by atoms with Crippen molar-refractivity contribution in [2.24, 2.45) is 5.73 Å². The third-order valence-electron chi connectivity index (χ3n) is 3.57. The van der Waals surface area contributed by atoms with E-state index in [9.17, 15) is 4.79 Å². The molecule has 2 N–H and O–H groups in total. The molecule has 1 amide bonds. The minimum atomic E-state index is 0.193. The van der Waals surface area contributed by atoms with Crippen LogP contribution in [0.3, 0.4) is 0 Å². The predicted octanol–water partition coefficient (Wildman–Crippen LogP) is 1.83. The smallest absolute Gasteiger partial charge is 0.226 e. The summed E-state index contributed by atoms with van der Waals surface area (Å²) in [6.07, 6.45) is 9.81. The van der Waals surface area contributed by atoms with E-state index in [1.165, 1.54) is 18.4 Å². The fraction of sp³-hybridized carbons (Fsp3) is 0.769. The summed E-state index contributed by atoms with van der Waals surface area (Å²) in [6.45, 7) is 1.66. The van der Waals surface area contributed by atoms with Crippen LogP contribution in [-0.2, 0) is 4.79 Å². The standard InChI is InChI=1S/C13H22N2O/c14-12-7-4-8-15(10-12)13(16)9-11-5-2-1-3-6-11/h5,12H,1-4,6-10,14H2. The molecule has 1 heterocycles. The number of nitrogens with zero attached hydrogens (tertiary/aromatic N) is 1. The first kappa shape index (κ1) is 11.6. The summed E-state index contributed by atoms with van der Waals surface area (Å²) in [7, 11) is 0. The van der Waals surface area contributed by atoms with Crippen LogP contribution in [-0.4, -0.2) is 29.9 Å². The number of carbonyl (C=O) groups excluding carboxylic acids is 1. The molecule has 2 aliphatic rings. The molecule has 3 heteroatoms. The van der Waals surface area contributed by atoms with Crippen LogP contribution in [0.25, 0.3) is 0 Å². The number of hydrogen-bond acceptors (Lipinski definition) is 2. The van der Waals surface area contributed by atoms with E-state index in [1.54, 1.807) is 0 Å². The molecule has 0 radical (unpaired) electrons. The minimum absolute atomic E-state index is 0.193. The molecule has 2 rings (SSSR count). The van der Waals surface area contributed by atoms with Crippen LogP contribution in [0.1, 0.15) is 44.9 Å². The zero-order valence-corrected chi connectivity index (χ0v) is 9.95. The number of rotatable bonds is 2. The van der Waals surface area contributed by atoms with Gasteiger partial charge in [0.1, 0.15) is 0 Å². The third kappa shape index (κ3) is 3.08. The maximum absolute atomic E-state index is 12.0. The normalized spacial score (nSPS) is 26.4. The fourth-order valence-electron chi connectivity index (χ4n) is 2.61. The number of amides is 1. The van der Waals surface area contributed by atoms with Gasteiger partial charge in [-0.3, -0.25) is 4.79 Å². The van der Waals surface area contributed by atoms with Crippen LogP contribution in [0.2, 0.25) is 0 Å². The molecule has 0 aromatic heterocycles. The van der Waals surface area contributed by atoms with Crippen molar-refractivity contribution in [3.8, 4) is 0 Å². The average molecular weight is 222 g/mol. The molecule has 1 saturated heterocycles. The second-order valence-electron chi connectivity index (χ2n) is 5.03. The summed E-state index contributed by atoms with van der Waals surface area (Å²) < 4.78 is 0. The molecule has 0 saturated carbocycles. The molecule has 1 atom stereocenters. The Morgan fingerprint density at radius 2 is 2.31 bits per heavy atom. The number of nitrogens with two attached hydrogens (primary N) is 1. The van der Waals surface area contributed by atoms with Crippen molar-refractivity contribution in [2.45, 2.75) is 51.0 Å². The number of carbonyl (C=O) groups is 1. The summed E-state index contributed by atoms with van der Waals surface area (Å²) in [5.41, 5.74) is 7.23. The van der Waals surface area contributed by atoms with Crippen LogP contribution < -0.4 is 5.73 Å². The molecule has 16 heavy (non-hydrogen) atoms. The van der Waals surface area contributed by atoms with Gasteiger partial charge in [-0.15, -0.1) is 0 Å². The molecule has 0 bridgehead atoms. The average Bonchev–Trinajstić information content (AvgIpc) is 2.30.